The number of piperidine rings is 1. The van der Waals surface area contributed by atoms with E-state index < -0.39 is 0 Å². The first-order valence-electron chi connectivity index (χ1n) is 7.69. The average Bonchev–Trinajstić information content (AvgIpc) is 2.51. The molecule has 0 atom stereocenters. The van der Waals surface area contributed by atoms with Crippen LogP contribution in [0.3, 0.4) is 0 Å². The molecule has 21 heavy (non-hydrogen) atoms. The topological polar surface area (TPSA) is 32.8 Å². The molecule has 0 radical (unpaired) electrons. The molecule has 1 aromatic carbocycles. The van der Waals surface area contributed by atoms with Gasteiger partial charge < -0.3 is 14.5 Å². The summed E-state index contributed by atoms with van der Waals surface area (Å²) in [7, 11) is 3.99. The lowest BCUT2D eigenvalue weighted by atomic mass is 9.72. The van der Waals surface area contributed by atoms with Crippen molar-refractivity contribution in [2.45, 2.75) is 25.2 Å². The van der Waals surface area contributed by atoms with E-state index in [1.54, 1.807) is 4.90 Å². The number of likely N-dealkylation sites (tertiary alicyclic amines) is 1. The Hall–Kier alpha value is -1.55. The number of carbonyl (C=O) groups excluding carboxylic acids is 1. The maximum Gasteiger partial charge on any atom is 0.409 e. The molecular formula is C17H26N2O2. The van der Waals surface area contributed by atoms with Gasteiger partial charge in [-0.05, 0) is 45.5 Å². The first-order valence-corrected chi connectivity index (χ1v) is 7.69. The molecule has 0 aliphatic carbocycles. The van der Waals surface area contributed by atoms with Crippen molar-refractivity contribution in [3.63, 3.8) is 0 Å². The molecule has 4 heteroatoms. The van der Waals surface area contributed by atoms with Gasteiger partial charge in [-0.2, -0.15) is 0 Å². The fourth-order valence-electron chi connectivity index (χ4n) is 3.13. The van der Waals surface area contributed by atoms with Crippen molar-refractivity contribution in [1.82, 2.24) is 9.80 Å². The second-order valence-electron chi connectivity index (χ2n) is 6.00. The smallest absolute Gasteiger partial charge is 0.409 e. The van der Waals surface area contributed by atoms with Crippen LogP contribution in [0.25, 0.3) is 0 Å². The van der Waals surface area contributed by atoms with Crippen molar-refractivity contribution >= 4 is 6.09 Å². The van der Waals surface area contributed by atoms with Crippen LogP contribution in [-0.2, 0) is 10.2 Å². The van der Waals surface area contributed by atoms with E-state index in [0.717, 1.165) is 25.9 Å². The highest BCUT2D eigenvalue weighted by atomic mass is 16.5. The van der Waals surface area contributed by atoms with Crippen LogP contribution < -0.4 is 0 Å². The third-order valence-corrected chi connectivity index (χ3v) is 4.45. The van der Waals surface area contributed by atoms with Crippen LogP contribution in [0.1, 0.15) is 25.3 Å². The number of amides is 1. The molecule has 1 saturated heterocycles. The average molecular weight is 290 g/mol. The van der Waals surface area contributed by atoms with Crippen LogP contribution >= 0.6 is 0 Å². The Morgan fingerprint density at radius 1 is 1.29 bits per heavy atom. The molecule has 1 aromatic rings. The molecule has 0 bridgehead atoms. The van der Waals surface area contributed by atoms with Gasteiger partial charge >= 0.3 is 6.09 Å². The number of hydrogen-bond acceptors (Lipinski definition) is 3. The number of carbonyl (C=O) groups is 1. The molecule has 1 amide bonds. The number of benzene rings is 1. The Morgan fingerprint density at radius 2 is 1.90 bits per heavy atom. The molecule has 1 aliphatic rings. The van der Waals surface area contributed by atoms with E-state index in [-0.39, 0.29) is 11.5 Å². The van der Waals surface area contributed by atoms with Gasteiger partial charge in [0.1, 0.15) is 0 Å². The van der Waals surface area contributed by atoms with Gasteiger partial charge in [0, 0.05) is 19.0 Å². The van der Waals surface area contributed by atoms with E-state index in [1.165, 1.54) is 5.56 Å². The Kier molecular flexibility index (Phi) is 5.23. The lowest BCUT2D eigenvalue weighted by Crippen LogP contribution is -2.48. The maximum absolute atomic E-state index is 11.9. The van der Waals surface area contributed by atoms with Crippen LogP contribution in [0.4, 0.5) is 4.79 Å². The molecule has 2 rings (SSSR count). The summed E-state index contributed by atoms with van der Waals surface area (Å²) < 4.78 is 5.12. The summed E-state index contributed by atoms with van der Waals surface area (Å²) in [6.45, 7) is 5.10. The Labute approximate surface area is 127 Å². The fourth-order valence-corrected chi connectivity index (χ4v) is 3.13. The van der Waals surface area contributed by atoms with Crippen LogP contribution in [0.5, 0.6) is 0 Å². The Bertz CT molecular complexity index is 453. The highest BCUT2D eigenvalue weighted by molar-refractivity contribution is 5.67. The highest BCUT2D eigenvalue weighted by Crippen LogP contribution is 2.36. The molecule has 0 saturated carbocycles. The third-order valence-electron chi connectivity index (χ3n) is 4.45. The highest BCUT2D eigenvalue weighted by Gasteiger charge is 2.37. The van der Waals surface area contributed by atoms with Crippen molar-refractivity contribution in [2.75, 3.05) is 40.3 Å². The van der Waals surface area contributed by atoms with Gasteiger partial charge in [0.2, 0.25) is 0 Å². The SMILES string of the molecule is CCOC(=O)N(C)CC1(c2ccccc2)CCN(C)CC1. The lowest BCUT2D eigenvalue weighted by Gasteiger charge is -2.43. The van der Waals surface area contributed by atoms with Gasteiger partial charge in [-0.25, -0.2) is 4.79 Å². The minimum absolute atomic E-state index is 0.0370. The summed E-state index contributed by atoms with van der Waals surface area (Å²) >= 11 is 0. The van der Waals surface area contributed by atoms with E-state index in [9.17, 15) is 4.79 Å². The quantitative estimate of drug-likeness (QED) is 0.855. The zero-order valence-corrected chi connectivity index (χ0v) is 13.3. The molecule has 0 unspecified atom stereocenters. The minimum atomic E-state index is -0.230. The zero-order valence-electron chi connectivity index (χ0n) is 13.3. The summed E-state index contributed by atoms with van der Waals surface area (Å²) in [6, 6.07) is 10.6. The second-order valence-corrected chi connectivity index (χ2v) is 6.00. The summed E-state index contributed by atoms with van der Waals surface area (Å²) in [5.41, 5.74) is 1.36. The third kappa shape index (κ3) is 3.76. The first kappa shape index (κ1) is 15.8. The number of nitrogens with zero attached hydrogens (tertiary/aromatic N) is 2. The maximum atomic E-state index is 11.9. The second kappa shape index (κ2) is 6.94. The van der Waals surface area contributed by atoms with Crippen molar-refractivity contribution in [1.29, 1.82) is 0 Å². The van der Waals surface area contributed by atoms with Crippen LogP contribution in [0, 0.1) is 0 Å². The first-order chi connectivity index (χ1) is 10.1. The van der Waals surface area contributed by atoms with E-state index >= 15 is 0 Å². The van der Waals surface area contributed by atoms with Crippen molar-refractivity contribution in [2.24, 2.45) is 0 Å². The van der Waals surface area contributed by atoms with E-state index in [4.69, 9.17) is 4.74 Å². The summed E-state index contributed by atoms with van der Waals surface area (Å²) in [4.78, 5) is 16.0. The number of rotatable bonds is 4. The molecule has 4 nitrogen and oxygen atoms in total. The van der Waals surface area contributed by atoms with Crippen molar-refractivity contribution < 1.29 is 9.53 Å². The normalized spacial score (nSPS) is 18.2. The van der Waals surface area contributed by atoms with E-state index in [2.05, 4.69) is 36.2 Å². The van der Waals surface area contributed by atoms with Gasteiger partial charge in [-0.3, -0.25) is 0 Å². The van der Waals surface area contributed by atoms with Gasteiger partial charge in [0.25, 0.3) is 0 Å². The molecule has 0 aromatic heterocycles. The number of ether oxygens (including phenoxy) is 1. The molecule has 0 spiro atoms. The molecule has 116 valence electrons. The predicted octanol–water partition coefficient (Wildman–Crippen LogP) is 2.74. The van der Waals surface area contributed by atoms with E-state index in [0.29, 0.717) is 13.2 Å². The van der Waals surface area contributed by atoms with Gasteiger partial charge in [-0.15, -0.1) is 0 Å². The summed E-state index contributed by atoms with van der Waals surface area (Å²) in [5, 5.41) is 0. The van der Waals surface area contributed by atoms with Gasteiger partial charge in [-0.1, -0.05) is 30.3 Å². The molecule has 0 N–H and O–H groups in total. The number of hydrogen-bond donors (Lipinski definition) is 0. The minimum Gasteiger partial charge on any atom is -0.450 e. The van der Waals surface area contributed by atoms with E-state index in [1.807, 2.05) is 20.0 Å². The van der Waals surface area contributed by atoms with Crippen molar-refractivity contribution in [3.05, 3.63) is 35.9 Å². The van der Waals surface area contributed by atoms with Gasteiger partial charge in [0.15, 0.2) is 0 Å². The molecule has 1 aliphatic heterocycles. The summed E-state index contributed by atoms with van der Waals surface area (Å²) in [6.07, 6.45) is 1.90. The lowest BCUT2D eigenvalue weighted by molar-refractivity contribution is 0.0936. The van der Waals surface area contributed by atoms with Gasteiger partial charge in [0.05, 0.1) is 6.61 Å². The van der Waals surface area contributed by atoms with Crippen LogP contribution in [0.2, 0.25) is 0 Å². The summed E-state index contributed by atoms with van der Waals surface area (Å²) in [5.74, 6) is 0. The molecule has 1 heterocycles. The van der Waals surface area contributed by atoms with Crippen molar-refractivity contribution in [3.8, 4) is 0 Å². The molecule has 1 fully saturated rings. The Morgan fingerprint density at radius 3 is 2.48 bits per heavy atom. The largest absolute Gasteiger partial charge is 0.450 e. The monoisotopic (exact) mass is 290 g/mol. The predicted molar refractivity (Wildman–Crippen MR) is 84.5 cm³/mol. The fraction of sp³-hybridized carbons (Fsp3) is 0.588. The standard InChI is InChI=1S/C17H26N2O2/c1-4-21-16(20)19(3)14-17(10-12-18(2)13-11-17)15-8-6-5-7-9-15/h5-9H,4,10-14H2,1-3H3. The van der Waals surface area contributed by atoms with Crippen LogP contribution in [0.15, 0.2) is 30.3 Å². The van der Waals surface area contributed by atoms with Crippen LogP contribution in [-0.4, -0.2) is 56.2 Å². The number of likely N-dealkylation sites (N-methyl/N-ethyl adjacent to an activating group) is 1. The molecular weight excluding hydrogens is 264 g/mol. The zero-order chi connectivity index (χ0) is 15.3. The Balaban J connectivity index is 2.19.